The van der Waals surface area contributed by atoms with Gasteiger partial charge in [0.05, 0.1) is 71.6 Å². The summed E-state index contributed by atoms with van der Waals surface area (Å²) in [5, 5.41) is 24.5. The molecule has 16 rings (SSSR count). The smallest absolute Gasteiger partial charge is 0.104 e. The zero-order chi connectivity index (χ0) is 51.4. The Hall–Kier alpha value is -9.74. The van der Waals surface area contributed by atoms with Crippen molar-refractivity contribution >= 4 is 119 Å². The predicted molar refractivity (Wildman–Crippen MR) is 324 cm³/mol. The Morgan fingerprint density at radius 1 is 0.364 bits per heavy atom. The van der Waals surface area contributed by atoms with Gasteiger partial charge in [-0.1, -0.05) is 164 Å². The monoisotopic (exact) mass is 1000 g/mol. The first-order chi connectivity index (χ1) is 37.9. The summed E-state index contributed by atoms with van der Waals surface area (Å²) in [6.07, 6.45) is 3.92. The van der Waals surface area contributed by atoms with Crippen LogP contribution in [0.2, 0.25) is 0 Å². The summed E-state index contributed by atoms with van der Waals surface area (Å²) in [6.45, 7) is 8.90. The molecule has 6 heterocycles. The van der Waals surface area contributed by atoms with Gasteiger partial charge in [-0.3, -0.25) is 4.98 Å². The number of para-hydroxylation sites is 8. The van der Waals surface area contributed by atoms with E-state index < -0.39 is 0 Å². The second kappa shape index (κ2) is 16.1. The molecule has 0 aliphatic rings. The molecule has 10 aromatic carbocycles. The highest BCUT2D eigenvalue weighted by Crippen LogP contribution is 2.54. The molecule has 0 N–H and O–H groups in total. The molecule has 0 spiro atoms. The summed E-state index contributed by atoms with van der Waals surface area (Å²) in [6, 6.07) is 73.9. The summed E-state index contributed by atoms with van der Waals surface area (Å²) >= 11 is 1.79. The fourth-order valence-electron chi connectivity index (χ4n) is 13.5. The van der Waals surface area contributed by atoms with E-state index in [1.54, 1.807) is 11.3 Å². The van der Waals surface area contributed by atoms with Crippen molar-refractivity contribution in [2.75, 3.05) is 0 Å². The number of pyridine rings is 1. The Balaban J connectivity index is 1.32. The molecule has 6 aromatic heterocycles. The Morgan fingerprint density at radius 2 is 0.714 bits per heavy atom. The van der Waals surface area contributed by atoms with Crippen LogP contribution in [0.15, 0.2) is 207 Å². The van der Waals surface area contributed by atoms with Crippen molar-refractivity contribution < 1.29 is 0 Å². The number of thiophene rings is 1. The molecule has 362 valence electrons. The van der Waals surface area contributed by atoms with Gasteiger partial charge in [-0.05, 0) is 80.3 Å². The van der Waals surface area contributed by atoms with Gasteiger partial charge in [0.2, 0.25) is 0 Å². The SMILES string of the molecule is Cc1cccc2c3ccccc3n(-c3c(C#N)c(-n4c5ccccc5c5cccc(C)c54)c(-n4c5ccccc5c5cccc(C)c54)c(-c4cccc5c4sc4cnccc45)c3-n3c4ccccc4c4cccc(C)c43)c12. The van der Waals surface area contributed by atoms with E-state index in [2.05, 4.69) is 246 Å². The van der Waals surface area contributed by atoms with Gasteiger partial charge in [0, 0.05) is 82.1 Å². The number of rotatable bonds is 5. The van der Waals surface area contributed by atoms with Crippen LogP contribution in [0, 0.1) is 39.0 Å². The Labute approximate surface area is 446 Å². The van der Waals surface area contributed by atoms with E-state index in [1.807, 2.05) is 12.4 Å². The lowest BCUT2D eigenvalue weighted by Crippen LogP contribution is -2.17. The summed E-state index contributed by atoms with van der Waals surface area (Å²) in [4.78, 5) is 4.69. The van der Waals surface area contributed by atoms with Crippen molar-refractivity contribution in [1.82, 2.24) is 23.3 Å². The van der Waals surface area contributed by atoms with Crippen molar-refractivity contribution in [1.29, 1.82) is 5.26 Å². The molecule has 0 aliphatic heterocycles. The minimum atomic E-state index is 0.558. The molecular weight excluding hydrogens is 957 g/mol. The summed E-state index contributed by atoms with van der Waals surface area (Å²) in [5.74, 6) is 0. The number of nitriles is 1. The summed E-state index contributed by atoms with van der Waals surface area (Å²) in [5.41, 5.74) is 19.1. The second-order valence-corrected chi connectivity index (χ2v) is 21.8. The molecule has 6 nitrogen and oxygen atoms in total. The van der Waals surface area contributed by atoms with Crippen molar-refractivity contribution in [3.63, 3.8) is 0 Å². The summed E-state index contributed by atoms with van der Waals surface area (Å²) < 4.78 is 12.2. The number of aromatic nitrogens is 5. The van der Waals surface area contributed by atoms with Gasteiger partial charge in [0.1, 0.15) is 11.6 Å². The third-order valence-electron chi connectivity index (χ3n) is 16.6. The minimum Gasteiger partial charge on any atom is -0.306 e. The van der Waals surface area contributed by atoms with E-state index in [-0.39, 0.29) is 0 Å². The molecule has 0 aliphatic carbocycles. The number of aryl methyl sites for hydroxylation is 4. The highest BCUT2D eigenvalue weighted by Gasteiger charge is 2.36. The van der Waals surface area contributed by atoms with Gasteiger partial charge in [0.15, 0.2) is 0 Å². The third-order valence-corrected chi connectivity index (χ3v) is 17.7. The van der Waals surface area contributed by atoms with Crippen LogP contribution in [0.4, 0.5) is 0 Å². The van der Waals surface area contributed by atoms with E-state index in [4.69, 9.17) is 4.98 Å². The molecule has 0 unspecified atom stereocenters. The highest BCUT2D eigenvalue weighted by atomic mass is 32.1. The lowest BCUT2D eigenvalue weighted by molar-refractivity contribution is 1.03. The quantitative estimate of drug-likeness (QED) is 0.172. The highest BCUT2D eigenvalue weighted by molar-refractivity contribution is 7.26. The lowest BCUT2D eigenvalue weighted by Gasteiger charge is -2.30. The molecule has 0 saturated heterocycles. The number of fused-ring (bicyclic) bond motifs is 15. The molecule has 0 saturated carbocycles. The van der Waals surface area contributed by atoms with Crippen molar-refractivity contribution in [3.05, 3.63) is 234 Å². The van der Waals surface area contributed by atoms with Crippen LogP contribution in [-0.4, -0.2) is 23.3 Å². The lowest BCUT2D eigenvalue weighted by atomic mass is 9.92. The first-order valence-electron chi connectivity index (χ1n) is 26.3. The molecule has 0 amide bonds. The van der Waals surface area contributed by atoms with Gasteiger partial charge in [-0.25, -0.2) is 0 Å². The molecular formula is C70H46N6S. The number of hydrogen-bond donors (Lipinski definition) is 0. The predicted octanol–water partition coefficient (Wildman–Crippen LogP) is 18.6. The molecule has 7 heteroatoms. The standard InChI is InChI=1S/C70H46N6S/c1-40-18-13-26-49-44-22-5-9-32-56(44)73(62(40)49)66-55(38-71)67(74-57-33-10-6-23-45(57)50-27-14-19-41(2)63(50)74)69(76-59-35-12-8-25-47(59)52-29-16-21-43(4)65(52)76)61(54-31-17-30-53-48-36-37-72-39-60(48)77-70(53)54)68(66)75-58-34-11-7-24-46(58)51-28-15-20-42(3)64(51)75/h5-37,39H,1-4H3. The number of nitrogens with zero attached hydrogens (tertiary/aromatic N) is 6. The van der Waals surface area contributed by atoms with Crippen molar-refractivity contribution in [3.8, 4) is 39.9 Å². The normalized spacial score (nSPS) is 12.1. The average molecular weight is 1000 g/mol. The van der Waals surface area contributed by atoms with Gasteiger partial charge >= 0.3 is 0 Å². The number of benzene rings is 10. The van der Waals surface area contributed by atoms with Crippen LogP contribution in [0.25, 0.3) is 141 Å². The van der Waals surface area contributed by atoms with E-state index >= 15 is 0 Å². The molecule has 77 heavy (non-hydrogen) atoms. The van der Waals surface area contributed by atoms with Crippen LogP contribution >= 0.6 is 11.3 Å². The topological polar surface area (TPSA) is 56.4 Å². The molecule has 0 atom stereocenters. The third kappa shape index (κ3) is 5.80. The first kappa shape index (κ1) is 43.6. The van der Waals surface area contributed by atoms with Crippen molar-refractivity contribution in [2.24, 2.45) is 0 Å². The van der Waals surface area contributed by atoms with Crippen LogP contribution < -0.4 is 0 Å². The molecule has 0 fully saturated rings. The first-order valence-corrected chi connectivity index (χ1v) is 27.1. The van der Waals surface area contributed by atoms with Gasteiger partial charge in [-0.2, -0.15) is 5.26 Å². The second-order valence-electron chi connectivity index (χ2n) is 20.7. The van der Waals surface area contributed by atoms with Crippen LogP contribution in [0.5, 0.6) is 0 Å². The fraction of sp³-hybridized carbons (Fsp3) is 0.0571. The van der Waals surface area contributed by atoms with Gasteiger partial charge in [-0.15, -0.1) is 11.3 Å². The average Bonchev–Trinajstić information content (AvgIpc) is 4.32. The van der Waals surface area contributed by atoms with Crippen molar-refractivity contribution in [2.45, 2.75) is 27.7 Å². The minimum absolute atomic E-state index is 0.558. The summed E-state index contributed by atoms with van der Waals surface area (Å²) in [7, 11) is 0. The molecule has 0 bridgehead atoms. The maximum absolute atomic E-state index is 13.1. The Kier molecular flexibility index (Phi) is 9.14. The fourth-order valence-corrected chi connectivity index (χ4v) is 14.7. The molecule has 0 radical (unpaired) electrons. The van der Waals surface area contributed by atoms with Crippen LogP contribution in [0.3, 0.4) is 0 Å². The van der Waals surface area contributed by atoms with Gasteiger partial charge in [0.25, 0.3) is 0 Å². The Bertz CT molecular complexity index is 5030. The Morgan fingerprint density at radius 3 is 1.12 bits per heavy atom. The van der Waals surface area contributed by atoms with E-state index in [0.717, 1.165) is 164 Å². The maximum Gasteiger partial charge on any atom is 0.104 e. The van der Waals surface area contributed by atoms with E-state index in [0.29, 0.717) is 5.56 Å². The molecule has 16 aromatic rings. The van der Waals surface area contributed by atoms with E-state index in [9.17, 15) is 5.26 Å². The zero-order valence-corrected chi connectivity index (χ0v) is 43.5. The largest absolute Gasteiger partial charge is 0.306 e. The van der Waals surface area contributed by atoms with E-state index in [1.165, 1.54) is 0 Å². The van der Waals surface area contributed by atoms with Crippen LogP contribution in [-0.2, 0) is 0 Å². The number of hydrogen-bond acceptors (Lipinski definition) is 3. The maximum atomic E-state index is 13.1. The zero-order valence-electron chi connectivity index (χ0n) is 42.7. The van der Waals surface area contributed by atoms with Gasteiger partial charge < -0.3 is 18.3 Å². The van der Waals surface area contributed by atoms with Crippen LogP contribution in [0.1, 0.15) is 27.8 Å².